The Morgan fingerprint density at radius 1 is 0.950 bits per heavy atom. The van der Waals surface area contributed by atoms with Crippen molar-refractivity contribution in [1.29, 1.82) is 0 Å². The summed E-state index contributed by atoms with van der Waals surface area (Å²) in [5.74, 6) is 1.69. The summed E-state index contributed by atoms with van der Waals surface area (Å²) in [5, 5.41) is 29.5. The third kappa shape index (κ3) is 10.5. The van der Waals surface area contributed by atoms with E-state index in [-0.39, 0.29) is 18.4 Å². The zero-order valence-electron chi connectivity index (χ0n) is 23.8. The van der Waals surface area contributed by atoms with Gasteiger partial charge in [-0.25, -0.2) is 4.79 Å². The smallest absolute Gasteiger partial charge is 0.317 e. The molecule has 4 rings (SSSR count). The molecule has 5 N–H and O–H groups in total. The Bertz CT molecular complexity index is 987. The van der Waals surface area contributed by atoms with E-state index in [9.17, 15) is 15.0 Å². The minimum Gasteiger partial charge on any atom is -0.508 e. The molecule has 2 aromatic rings. The van der Waals surface area contributed by atoms with Gasteiger partial charge in [0.05, 0.1) is 0 Å². The van der Waals surface area contributed by atoms with Gasteiger partial charge in [-0.1, -0.05) is 44.2 Å². The number of likely N-dealkylation sites (tertiary alicyclic amines) is 1. The normalized spacial score (nSPS) is 17.4. The van der Waals surface area contributed by atoms with E-state index in [1.54, 1.807) is 24.3 Å². The van der Waals surface area contributed by atoms with Crippen molar-refractivity contribution in [2.75, 3.05) is 44.6 Å². The van der Waals surface area contributed by atoms with Crippen molar-refractivity contribution >= 4 is 11.7 Å². The highest BCUT2D eigenvalue weighted by molar-refractivity contribution is 5.74. The maximum Gasteiger partial charge on any atom is 0.317 e. The van der Waals surface area contributed by atoms with Crippen molar-refractivity contribution < 1.29 is 19.7 Å². The number of piperidine rings is 1. The molecular formula is C32H48N4O4. The summed E-state index contributed by atoms with van der Waals surface area (Å²) in [5.41, 5.74) is 2.35. The lowest BCUT2D eigenvalue weighted by atomic mass is 9.86. The molecular weight excluding hydrogens is 504 g/mol. The Morgan fingerprint density at radius 2 is 1.68 bits per heavy atom. The molecule has 1 aliphatic carbocycles. The number of aliphatic hydroxyl groups excluding tert-OH is 1. The molecule has 1 saturated heterocycles. The van der Waals surface area contributed by atoms with E-state index in [4.69, 9.17) is 4.74 Å². The number of hydrogen-bond acceptors (Lipinski definition) is 6. The number of urea groups is 1. The van der Waals surface area contributed by atoms with Crippen LogP contribution in [0, 0.1) is 5.92 Å². The molecule has 8 nitrogen and oxygen atoms in total. The number of aliphatic hydroxyl groups is 1. The van der Waals surface area contributed by atoms with Gasteiger partial charge in [-0.05, 0) is 86.5 Å². The lowest BCUT2D eigenvalue weighted by Gasteiger charge is -2.33. The Morgan fingerprint density at radius 3 is 2.40 bits per heavy atom. The Hall–Kier alpha value is -2.97. The number of aromatic hydroxyl groups is 1. The van der Waals surface area contributed by atoms with E-state index in [1.165, 1.54) is 44.1 Å². The molecule has 40 heavy (non-hydrogen) atoms. The van der Waals surface area contributed by atoms with Gasteiger partial charge >= 0.3 is 6.03 Å². The topological polar surface area (TPSA) is 106 Å². The second kappa shape index (κ2) is 16.3. The number of carbonyl (C=O) groups excluding carboxylic acids is 1. The number of hydrogen-bond donors (Lipinski definition) is 5. The molecule has 0 bridgehead atoms. The quantitative estimate of drug-likeness (QED) is 0.213. The van der Waals surface area contributed by atoms with Gasteiger partial charge in [0, 0.05) is 37.9 Å². The van der Waals surface area contributed by atoms with E-state index in [1.807, 2.05) is 4.90 Å². The van der Waals surface area contributed by atoms with E-state index in [2.05, 4.69) is 40.2 Å². The number of phenols is 1. The van der Waals surface area contributed by atoms with Crippen LogP contribution < -0.4 is 20.7 Å². The Kier molecular flexibility index (Phi) is 12.2. The van der Waals surface area contributed by atoms with Gasteiger partial charge in [0.2, 0.25) is 0 Å². The number of amides is 2. The average molecular weight is 553 g/mol. The minimum absolute atomic E-state index is 0.0949. The third-order valence-electron chi connectivity index (χ3n) is 8.15. The van der Waals surface area contributed by atoms with Gasteiger partial charge in [-0.2, -0.15) is 0 Å². The maximum atomic E-state index is 12.6. The predicted octanol–water partition coefficient (Wildman–Crippen LogP) is 4.91. The number of benzene rings is 2. The zero-order valence-corrected chi connectivity index (χ0v) is 23.8. The molecule has 2 fully saturated rings. The molecule has 0 unspecified atom stereocenters. The molecule has 0 spiro atoms. The first-order valence-corrected chi connectivity index (χ1v) is 15.2. The van der Waals surface area contributed by atoms with E-state index >= 15 is 0 Å². The maximum absolute atomic E-state index is 12.6. The van der Waals surface area contributed by atoms with Crippen LogP contribution in [0.25, 0.3) is 0 Å². The summed E-state index contributed by atoms with van der Waals surface area (Å²) in [7, 11) is 0. The number of nitrogens with zero attached hydrogens (tertiary/aromatic N) is 1. The first-order chi connectivity index (χ1) is 19.5. The van der Waals surface area contributed by atoms with Gasteiger partial charge in [-0.3, -0.25) is 0 Å². The third-order valence-corrected chi connectivity index (χ3v) is 8.15. The molecule has 2 aromatic carbocycles. The number of nitrogens with one attached hydrogen (secondary N) is 3. The first kappa shape index (κ1) is 30.0. The van der Waals surface area contributed by atoms with Crippen LogP contribution in [0.5, 0.6) is 11.5 Å². The highest BCUT2D eigenvalue weighted by Crippen LogP contribution is 2.27. The number of carbonyl (C=O) groups is 1. The molecule has 0 aromatic heterocycles. The van der Waals surface area contributed by atoms with Crippen LogP contribution in [-0.4, -0.2) is 72.6 Å². The minimum atomic E-state index is -0.607. The van der Waals surface area contributed by atoms with Crippen LogP contribution >= 0.6 is 0 Å². The van der Waals surface area contributed by atoms with Crippen LogP contribution in [0.4, 0.5) is 10.5 Å². The number of ether oxygens (including phenoxy) is 1. The van der Waals surface area contributed by atoms with E-state index < -0.39 is 6.10 Å². The zero-order chi connectivity index (χ0) is 28.0. The second-order valence-corrected chi connectivity index (χ2v) is 11.4. The summed E-state index contributed by atoms with van der Waals surface area (Å²) < 4.78 is 5.54. The van der Waals surface area contributed by atoms with Gasteiger partial charge in [-0.15, -0.1) is 0 Å². The molecule has 1 aliphatic heterocycles. The van der Waals surface area contributed by atoms with E-state index in [0.717, 1.165) is 63.5 Å². The van der Waals surface area contributed by atoms with Crippen LogP contribution in [-0.2, 0) is 6.42 Å². The molecule has 1 heterocycles. The summed E-state index contributed by atoms with van der Waals surface area (Å²) in [4.78, 5) is 14.5. The number of anilines is 1. The van der Waals surface area contributed by atoms with Crippen LogP contribution in [0.2, 0.25) is 0 Å². The standard InChI is InChI=1S/C32H48N4O4/c37-29-12-14-31(15-13-29)40-24-30(38)23-33-20-16-26-8-10-27(11-9-26)35-28-17-21-36(22-18-28)32(39)34-19-4-7-25-5-2-1-3-6-25/h8-15,25,28,30,33,35,37-38H,1-7,16-24H2,(H,34,39)/t30-/m0/s1. The molecule has 1 atom stereocenters. The van der Waals surface area contributed by atoms with Crippen molar-refractivity contribution in [3.05, 3.63) is 54.1 Å². The summed E-state index contributed by atoms with van der Waals surface area (Å²) in [6.45, 7) is 3.80. The van der Waals surface area contributed by atoms with Crippen LogP contribution in [0.3, 0.4) is 0 Å². The molecule has 2 aliphatic rings. The summed E-state index contributed by atoms with van der Waals surface area (Å²) >= 11 is 0. The van der Waals surface area contributed by atoms with Crippen molar-refractivity contribution in [3.63, 3.8) is 0 Å². The lowest BCUT2D eigenvalue weighted by molar-refractivity contribution is 0.106. The number of phenolic OH excluding ortho intramolecular Hbond substituents is 1. The molecule has 0 radical (unpaired) electrons. The van der Waals surface area contributed by atoms with Gasteiger partial charge in [0.25, 0.3) is 0 Å². The number of rotatable bonds is 14. The monoisotopic (exact) mass is 552 g/mol. The SMILES string of the molecule is O=C(NCCCC1CCCCC1)N1CCC(Nc2ccc(CCNC[C@H](O)COc3ccc(O)cc3)cc2)CC1. The average Bonchev–Trinajstić information content (AvgIpc) is 2.99. The fraction of sp³-hybridized carbons (Fsp3) is 0.594. The summed E-state index contributed by atoms with van der Waals surface area (Å²) in [6, 6.07) is 15.5. The van der Waals surface area contributed by atoms with Gasteiger partial charge in [0.15, 0.2) is 0 Å². The second-order valence-electron chi connectivity index (χ2n) is 11.4. The molecule has 2 amide bonds. The lowest BCUT2D eigenvalue weighted by Crippen LogP contribution is -2.47. The van der Waals surface area contributed by atoms with E-state index in [0.29, 0.717) is 18.3 Å². The van der Waals surface area contributed by atoms with Gasteiger partial charge in [0.1, 0.15) is 24.2 Å². The molecule has 220 valence electrons. The molecule has 1 saturated carbocycles. The Balaban J connectivity index is 1.04. The fourth-order valence-electron chi connectivity index (χ4n) is 5.70. The highest BCUT2D eigenvalue weighted by atomic mass is 16.5. The predicted molar refractivity (Wildman–Crippen MR) is 160 cm³/mol. The van der Waals surface area contributed by atoms with Crippen LogP contribution in [0.15, 0.2) is 48.5 Å². The Labute approximate surface area is 239 Å². The van der Waals surface area contributed by atoms with Crippen LogP contribution in [0.1, 0.15) is 63.4 Å². The fourth-order valence-corrected chi connectivity index (χ4v) is 5.70. The highest BCUT2D eigenvalue weighted by Gasteiger charge is 2.22. The largest absolute Gasteiger partial charge is 0.508 e. The van der Waals surface area contributed by atoms with Crippen molar-refractivity contribution in [1.82, 2.24) is 15.5 Å². The van der Waals surface area contributed by atoms with Gasteiger partial charge < -0.3 is 35.8 Å². The first-order valence-electron chi connectivity index (χ1n) is 15.2. The van der Waals surface area contributed by atoms with Crippen molar-refractivity contribution in [2.24, 2.45) is 5.92 Å². The molecule has 8 heteroatoms. The summed E-state index contributed by atoms with van der Waals surface area (Å²) in [6.07, 6.45) is 11.5. The van der Waals surface area contributed by atoms with Crippen molar-refractivity contribution in [2.45, 2.75) is 76.4 Å². The van der Waals surface area contributed by atoms with Crippen molar-refractivity contribution in [3.8, 4) is 11.5 Å².